The van der Waals surface area contributed by atoms with Crippen molar-refractivity contribution in [1.82, 2.24) is 10.2 Å². The minimum absolute atomic E-state index is 0.0835. The third kappa shape index (κ3) is 4.83. The summed E-state index contributed by atoms with van der Waals surface area (Å²) in [5, 5.41) is 11.7. The first-order chi connectivity index (χ1) is 10.2. The molecule has 1 aliphatic heterocycles. The molecular formula is C16H20FN3O. The van der Waals surface area contributed by atoms with Crippen molar-refractivity contribution in [3.63, 3.8) is 0 Å². The van der Waals surface area contributed by atoms with E-state index in [1.54, 1.807) is 18.2 Å². The zero-order chi connectivity index (χ0) is 15.1. The number of amides is 1. The molecule has 0 bridgehead atoms. The molecule has 1 fully saturated rings. The van der Waals surface area contributed by atoms with Crippen LogP contribution in [-0.2, 0) is 11.3 Å². The molecule has 2 rings (SSSR count). The molecule has 0 saturated carbocycles. The van der Waals surface area contributed by atoms with Crippen molar-refractivity contribution in [2.75, 3.05) is 19.6 Å². The third-order valence-corrected chi connectivity index (χ3v) is 3.78. The molecule has 0 aliphatic carbocycles. The van der Waals surface area contributed by atoms with Gasteiger partial charge in [-0.15, -0.1) is 0 Å². The number of nitrogens with one attached hydrogen (secondary N) is 1. The van der Waals surface area contributed by atoms with Crippen LogP contribution < -0.4 is 5.32 Å². The van der Waals surface area contributed by atoms with E-state index in [0.717, 1.165) is 25.9 Å². The van der Waals surface area contributed by atoms with Gasteiger partial charge < -0.3 is 10.2 Å². The SMILES string of the molecule is N#C[C@@H]1CCCN(CCC(=O)NCc2ccccc2F)C1. The summed E-state index contributed by atoms with van der Waals surface area (Å²) < 4.78 is 13.4. The summed E-state index contributed by atoms with van der Waals surface area (Å²) in [6, 6.07) is 8.72. The van der Waals surface area contributed by atoms with Crippen LogP contribution in [0.5, 0.6) is 0 Å². The van der Waals surface area contributed by atoms with Gasteiger partial charge >= 0.3 is 0 Å². The first kappa shape index (κ1) is 15.5. The number of likely N-dealkylation sites (tertiary alicyclic amines) is 1. The van der Waals surface area contributed by atoms with Crippen molar-refractivity contribution in [2.45, 2.75) is 25.8 Å². The van der Waals surface area contributed by atoms with Crippen LogP contribution in [0.3, 0.4) is 0 Å². The summed E-state index contributed by atoms with van der Waals surface area (Å²) in [5.74, 6) is -0.303. The number of piperidine rings is 1. The molecule has 1 heterocycles. The number of nitrogens with zero attached hydrogens (tertiary/aromatic N) is 2. The Morgan fingerprint density at radius 1 is 1.48 bits per heavy atom. The predicted molar refractivity (Wildman–Crippen MR) is 77.6 cm³/mol. The largest absolute Gasteiger partial charge is 0.352 e. The summed E-state index contributed by atoms with van der Waals surface area (Å²) in [4.78, 5) is 13.9. The second kappa shape index (κ2) is 7.75. The molecule has 1 atom stereocenters. The van der Waals surface area contributed by atoms with Gasteiger partial charge in [0.25, 0.3) is 0 Å². The lowest BCUT2D eigenvalue weighted by atomic mass is 10.00. The van der Waals surface area contributed by atoms with Gasteiger partial charge in [-0.2, -0.15) is 5.26 Å². The van der Waals surface area contributed by atoms with Gasteiger partial charge in [0, 0.05) is 31.6 Å². The molecule has 1 aromatic carbocycles. The van der Waals surface area contributed by atoms with Crippen molar-refractivity contribution in [1.29, 1.82) is 5.26 Å². The van der Waals surface area contributed by atoms with Gasteiger partial charge in [0.05, 0.1) is 12.0 Å². The number of carbonyl (C=O) groups is 1. The van der Waals surface area contributed by atoms with Crippen molar-refractivity contribution in [3.8, 4) is 6.07 Å². The highest BCUT2D eigenvalue weighted by molar-refractivity contribution is 5.76. The number of hydrogen-bond acceptors (Lipinski definition) is 3. The van der Waals surface area contributed by atoms with E-state index >= 15 is 0 Å². The van der Waals surface area contributed by atoms with Crippen molar-refractivity contribution in [2.24, 2.45) is 5.92 Å². The van der Waals surface area contributed by atoms with Gasteiger partial charge in [0.1, 0.15) is 5.82 Å². The molecule has 112 valence electrons. The number of hydrogen-bond donors (Lipinski definition) is 1. The van der Waals surface area contributed by atoms with Crippen LogP contribution in [-0.4, -0.2) is 30.4 Å². The molecule has 0 radical (unpaired) electrons. The van der Waals surface area contributed by atoms with Crippen LogP contribution in [0.25, 0.3) is 0 Å². The van der Waals surface area contributed by atoms with Gasteiger partial charge in [0.2, 0.25) is 5.91 Å². The third-order valence-electron chi connectivity index (χ3n) is 3.78. The molecule has 1 aromatic rings. The van der Waals surface area contributed by atoms with E-state index in [0.29, 0.717) is 18.5 Å². The monoisotopic (exact) mass is 289 g/mol. The van der Waals surface area contributed by atoms with Gasteiger partial charge in [0.15, 0.2) is 0 Å². The topological polar surface area (TPSA) is 56.1 Å². The van der Waals surface area contributed by atoms with E-state index in [9.17, 15) is 9.18 Å². The predicted octanol–water partition coefficient (Wildman–Crippen LogP) is 2.07. The lowest BCUT2D eigenvalue weighted by Crippen LogP contribution is -2.37. The van der Waals surface area contributed by atoms with Gasteiger partial charge in [-0.3, -0.25) is 4.79 Å². The van der Waals surface area contributed by atoms with E-state index in [2.05, 4.69) is 16.3 Å². The zero-order valence-electron chi connectivity index (χ0n) is 12.0. The fourth-order valence-corrected chi connectivity index (χ4v) is 2.55. The van der Waals surface area contributed by atoms with Gasteiger partial charge in [-0.25, -0.2) is 4.39 Å². The maximum Gasteiger partial charge on any atom is 0.221 e. The minimum Gasteiger partial charge on any atom is -0.352 e. The average Bonchev–Trinajstić information content (AvgIpc) is 2.52. The molecule has 5 heteroatoms. The lowest BCUT2D eigenvalue weighted by Gasteiger charge is -2.29. The summed E-state index contributed by atoms with van der Waals surface area (Å²) in [6.07, 6.45) is 2.34. The van der Waals surface area contributed by atoms with Crippen LogP contribution in [0, 0.1) is 23.1 Å². The molecule has 21 heavy (non-hydrogen) atoms. The molecule has 4 nitrogen and oxygen atoms in total. The molecule has 1 amide bonds. The molecular weight excluding hydrogens is 269 g/mol. The van der Waals surface area contributed by atoms with E-state index < -0.39 is 0 Å². The Bertz CT molecular complexity index is 526. The second-order valence-electron chi connectivity index (χ2n) is 5.39. The minimum atomic E-state index is -0.300. The molecule has 1 N–H and O–H groups in total. The first-order valence-electron chi connectivity index (χ1n) is 7.31. The number of halogens is 1. The second-order valence-corrected chi connectivity index (χ2v) is 5.39. The highest BCUT2D eigenvalue weighted by atomic mass is 19.1. The van der Waals surface area contributed by atoms with Gasteiger partial charge in [-0.1, -0.05) is 18.2 Å². The number of nitriles is 1. The zero-order valence-corrected chi connectivity index (χ0v) is 12.0. The Morgan fingerprint density at radius 2 is 2.29 bits per heavy atom. The van der Waals surface area contributed by atoms with Crippen molar-refractivity contribution >= 4 is 5.91 Å². The summed E-state index contributed by atoms with van der Waals surface area (Å²) in [7, 11) is 0. The Morgan fingerprint density at radius 3 is 3.05 bits per heavy atom. The van der Waals surface area contributed by atoms with E-state index in [4.69, 9.17) is 5.26 Å². The molecule has 1 aliphatic rings. The Kier molecular flexibility index (Phi) is 5.70. The molecule has 0 aromatic heterocycles. The standard InChI is InChI=1S/C16H20FN3O/c17-15-6-2-1-5-14(15)11-19-16(21)7-9-20-8-3-4-13(10-18)12-20/h1-2,5-6,13H,3-4,7-9,11-12H2,(H,19,21)/t13-/m0/s1. The number of rotatable bonds is 5. The quantitative estimate of drug-likeness (QED) is 0.903. The molecule has 0 unspecified atom stereocenters. The van der Waals surface area contributed by atoms with E-state index in [1.807, 2.05) is 0 Å². The lowest BCUT2D eigenvalue weighted by molar-refractivity contribution is -0.121. The van der Waals surface area contributed by atoms with Crippen LogP contribution in [0.4, 0.5) is 4.39 Å². The fourth-order valence-electron chi connectivity index (χ4n) is 2.55. The molecule has 0 spiro atoms. The number of benzene rings is 1. The van der Waals surface area contributed by atoms with Crippen LogP contribution in [0.1, 0.15) is 24.8 Å². The first-order valence-corrected chi connectivity index (χ1v) is 7.31. The Hall–Kier alpha value is -1.93. The average molecular weight is 289 g/mol. The fraction of sp³-hybridized carbons (Fsp3) is 0.500. The highest BCUT2D eigenvalue weighted by Gasteiger charge is 2.19. The Balaban J connectivity index is 1.70. The van der Waals surface area contributed by atoms with Crippen LogP contribution in [0.15, 0.2) is 24.3 Å². The maximum absolute atomic E-state index is 13.4. The maximum atomic E-state index is 13.4. The van der Waals surface area contributed by atoms with Crippen molar-refractivity contribution in [3.05, 3.63) is 35.6 Å². The summed E-state index contributed by atoms with van der Waals surface area (Å²) in [5.41, 5.74) is 0.494. The Labute approximate surface area is 124 Å². The van der Waals surface area contributed by atoms with Crippen molar-refractivity contribution < 1.29 is 9.18 Å². The van der Waals surface area contributed by atoms with Crippen LogP contribution >= 0.6 is 0 Å². The van der Waals surface area contributed by atoms with E-state index in [-0.39, 0.29) is 24.2 Å². The normalized spacial score (nSPS) is 19.0. The summed E-state index contributed by atoms with van der Waals surface area (Å²) >= 11 is 0. The smallest absolute Gasteiger partial charge is 0.221 e. The number of carbonyl (C=O) groups excluding carboxylic acids is 1. The van der Waals surface area contributed by atoms with Crippen LogP contribution in [0.2, 0.25) is 0 Å². The highest BCUT2D eigenvalue weighted by Crippen LogP contribution is 2.15. The molecule has 1 saturated heterocycles. The summed E-state index contributed by atoms with van der Waals surface area (Å²) in [6.45, 7) is 2.56. The van der Waals surface area contributed by atoms with E-state index in [1.165, 1.54) is 6.07 Å². The van der Waals surface area contributed by atoms with Gasteiger partial charge in [-0.05, 0) is 25.5 Å².